The third-order valence-electron chi connectivity index (χ3n) is 6.99. The van der Waals surface area contributed by atoms with Crippen molar-refractivity contribution in [2.75, 3.05) is 23.9 Å². The van der Waals surface area contributed by atoms with E-state index in [-0.39, 0.29) is 35.3 Å². The number of hydrogen-bond donors (Lipinski definition) is 4. The van der Waals surface area contributed by atoms with E-state index in [1.807, 2.05) is 0 Å². The fourth-order valence-electron chi connectivity index (χ4n) is 4.75. The topological polar surface area (TPSA) is 223 Å². The molecule has 6 amide bonds. The molecule has 2 aliphatic heterocycles. The van der Waals surface area contributed by atoms with Crippen molar-refractivity contribution in [2.24, 2.45) is 5.73 Å². The SMILES string of the molecule is CN(C(=O)Nc1ccccc1CC(=O)NC1C(=O)N2C(C(=O)O)=C(CSc3nnnn3CC(N)=O)CS[C@H]12)C(=O)c1ccccc1. The number of tetrazole rings is 1. The molecule has 1 saturated heterocycles. The number of carbonyl (C=O) groups is 6. The molecule has 3 heterocycles. The number of nitrogens with one attached hydrogen (secondary N) is 2. The molecule has 1 aromatic heterocycles. The van der Waals surface area contributed by atoms with Crippen molar-refractivity contribution in [1.82, 2.24) is 35.3 Å². The van der Waals surface area contributed by atoms with Crippen molar-refractivity contribution in [3.63, 3.8) is 0 Å². The molecule has 0 radical (unpaired) electrons. The highest BCUT2D eigenvalue weighted by Crippen LogP contribution is 2.41. The van der Waals surface area contributed by atoms with Gasteiger partial charge in [-0.1, -0.05) is 48.2 Å². The first-order valence-electron chi connectivity index (χ1n) is 13.6. The van der Waals surface area contributed by atoms with Crippen molar-refractivity contribution in [2.45, 2.75) is 29.5 Å². The van der Waals surface area contributed by atoms with E-state index in [9.17, 15) is 33.9 Å². The Kier molecular flexibility index (Phi) is 9.67. The highest BCUT2D eigenvalue weighted by Gasteiger charge is 2.54. The Bertz CT molecular complexity index is 1750. The zero-order valence-corrected chi connectivity index (χ0v) is 25.8. The minimum atomic E-state index is -1.30. The Hall–Kier alpha value is -5.23. The second kappa shape index (κ2) is 13.8. The molecule has 0 aliphatic carbocycles. The number of β-lactam (4-membered cyclic amide) rings is 1. The van der Waals surface area contributed by atoms with Crippen molar-refractivity contribution in [3.05, 3.63) is 77.0 Å². The minimum absolute atomic E-state index is 0.135. The number of thioether (sulfide) groups is 2. The van der Waals surface area contributed by atoms with E-state index >= 15 is 0 Å². The fraction of sp³-hybridized carbons (Fsp3) is 0.250. The Morgan fingerprint density at radius 3 is 2.54 bits per heavy atom. The van der Waals surface area contributed by atoms with Crippen molar-refractivity contribution in [1.29, 1.82) is 0 Å². The number of primary amides is 1. The lowest BCUT2D eigenvalue weighted by Crippen LogP contribution is -2.70. The van der Waals surface area contributed by atoms with Crippen LogP contribution in [-0.4, -0.2) is 101 Å². The summed E-state index contributed by atoms with van der Waals surface area (Å²) in [5.74, 6) is -3.15. The van der Waals surface area contributed by atoms with Crippen LogP contribution in [0.25, 0.3) is 0 Å². The highest BCUT2D eigenvalue weighted by atomic mass is 32.2. The number of nitrogens with zero attached hydrogens (tertiary/aromatic N) is 6. The molecule has 0 spiro atoms. The summed E-state index contributed by atoms with van der Waals surface area (Å²) in [4.78, 5) is 77.3. The second-order valence-electron chi connectivity index (χ2n) is 10.1. The summed E-state index contributed by atoms with van der Waals surface area (Å²) in [7, 11) is 1.34. The summed E-state index contributed by atoms with van der Waals surface area (Å²) in [6.45, 7) is -0.245. The van der Waals surface area contributed by atoms with Gasteiger partial charge in [-0.05, 0) is 39.8 Å². The third-order valence-corrected chi connectivity index (χ3v) is 9.37. The van der Waals surface area contributed by atoms with Crippen LogP contribution >= 0.6 is 23.5 Å². The molecule has 46 heavy (non-hydrogen) atoms. The molecule has 18 heteroatoms. The number of para-hydroxylation sites is 1. The number of aromatic nitrogens is 4. The lowest BCUT2D eigenvalue weighted by molar-refractivity contribution is -0.150. The van der Waals surface area contributed by atoms with Crippen LogP contribution in [0.5, 0.6) is 0 Å². The van der Waals surface area contributed by atoms with Gasteiger partial charge in [-0.15, -0.1) is 16.9 Å². The Balaban J connectivity index is 1.21. The first-order chi connectivity index (χ1) is 22.0. The molecular weight excluding hydrogens is 638 g/mol. The number of hydrogen-bond acceptors (Lipinski definition) is 11. The first kappa shape index (κ1) is 32.2. The van der Waals surface area contributed by atoms with Gasteiger partial charge in [0.05, 0.1) is 6.42 Å². The van der Waals surface area contributed by atoms with Gasteiger partial charge < -0.3 is 21.5 Å². The molecule has 2 atom stereocenters. The zero-order chi connectivity index (χ0) is 33.0. The van der Waals surface area contributed by atoms with Gasteiger partial charge in [0, 0.05) is 29.8 Å². The molecule has 5 N–H and O–H groups in total. The van der Waals surface area contributed by atoms with Crippen LogP contribution in [0.15, 0.2) is 71.0 Å². The van der Waals surface area contributed by atoms with Crippen LogP contribution in [0.4, 0.5) is 10.5 Å². The van der Waals surface area contributed by atoms with E-state index in [0.717, 1.165) is 21.6 Å². The number of amides is 6. The molecule has 1 unspecified atom stereocenters. The molecule has 2 aliphatic rings. The molecule has 0 bridgehead atoms. The Labute approximate surface area is 269 Å². The van der Waals surface area contributed by atoms with E-state index in [0.29, 0.717) is 22.4 Å². The minimum Gasteiger partial charge on any atom is -0.477 e. The number of fused-ring (bicyclic) bond motifs is 1. The molecule has 3 aromatic rings. The molecular formula is C28H27N9O7S2. The van der Waals surface area contributed by atoms with Crippen molar-refractivity contribution in [3.8, 4) is 0 Å². The molecule has 5 rings (SSSR count). The van der Waals surface area contributed by atoms with E-state index in [1.54, 1.807) is 54.6 Å². The lowest BCUT2D eigenvalue weighted by Gasteiger charge is -2.49. The summed E-state index contributed by atoms with van der Waals surface area (Å²) in [5, 5.41) is 26.0. The summed E-state index contributed by atoms with van der Waals surface area (Å²) in [5.41, 5.74) is 6.57. The predicted octanol–water partition coefficient (Wildman–Crippen LogP) is 0.536. The molecule has 1 fully saturated rings. The van der Waals surface area contributed by atoms with Gasteiger partial charge in [0.1, 0.15) is 23.7 Å². The van der Waals surface area contributed by atoms with Gasteiger partial charge in [-0.2, -0.15) is 0 Å². The Morgan fingerprint density at radius 1 is 1.11 bits per heavy atom. The van der Waals surface area contributed by atoms with Gasteiger partial charge >= 0.3 is 12.0 Å². The maximum atomic E-state index is 13.1. The number of carbonyl (C=O) groups excluding carboxylic acids is 5. The summed E-state index contributed by atoms with van der Waals surface area (Å²) in [6, 6.07) is 13.2. The standard InChI is InChI=1S/C28H27N9O7S2/c1-35(23(40)15-7-3-2-4-8-15)27(44)30-18-10-6-5-9-16(18)11-20(39)31-21-24(41)37-22(26(42)43)17(13-45-25(21)37)14-46-28-32-33-34-36(28)12-19(29)38/h2-10,21,25H,11-14H2,1H3,(H2,29,38)(H,30,44)(H,31,39)(H,42,43)/t21?,25-/m1/s1. The largest absolute Gasteiger partial charge is 0.477 e. The van der Waals surface area contributed by atoms with Crippen LogP contribution in [-0.2, 0) is 32.1 Å². The number of carboxylic acids is 1. The number of urea groups is 1. The molecule has 0 saturated carbocycles. The average Bonchev–Trinajstić information content (AvgIpc) is 3.48. The summed E-state index contributed by atoms with van der Waals surface area (Å²) in [6.07, 6.45) is -0.197. The number of benzene rings is 2. The monoisotopic (exact) mass is 665 g/mol. The van der Waals surface area contributed by atoms with Crippen LogP contribution < -0.4 is 16.4 Å². The third kappa shape index (κ3) is 6.86. The number of rotatable bonds is 11. The molecule has 2 aromatic carbocycles. The fourth-order valence-corrected chi connectivity index (χ4v) is 7.11. The normalized spacial score (nSPS) is 17.1. The van der Waals surface area contributed by atoms with E-state index in [4.69, 9.17) is 5.73 Å². The van der Waals surface area contributed by atoms with Crippen LogP contribution in [0.2, 0.25) is 0 Å². The molecule has 238 valence electrons. The summed E-state index contributed by atoms with van der Waals surface area (Å²) < 4.78 is 1.19. The van der Waals surface area contributed by atoms with E-state index in [1.165, 1.54) is 23.5 Å². The van der Waals surface area contributed by atoms with Crippen LogP contribution in [0, 0.1) is 0 Å². The average molecular weight is 666 g/mol. The van der Waals surface area contributed by atoms with E-state index < -0.39 is 47.0 Å². The van der Waals surface area contributed by atoms with Crippen molar-refractivity contribution < 1.29 is 33.9 Å². The maximum absolute atomic E-state index is 13.1. The Morgan fingerprint density at radius 2 is 1.83 bits per heavy atom. The number of nitrogens with two attached hydrogens (primary N) is 1. The second-order valence-corrected chi connectivity index (χ2v) is 12.1. The van der Waals surface area contributed by atoms with Gasteiger partial charge in [0.15, 0.2) is 0 Å². The predicted molar refractivity (Wildman–Crippen MR) is 165 cm³/mol. The number of carboxylic acid groups (broad SMARTS) is 1. The van der Waals surface area contributed by atoms with Gasteiger partial charge in [0.25, 0.3) is 11.8 Å². The maximum Gasteiger partial charge on any atom is 0.352 e. The number of anilines is 1. The van der Waals surface area contributed by atoms with Gasteiger partial charge in [-0.3, -0.25) is 29.0 Å². The van der Waals surface area contributed by atoms with Gasteiger partial charge in [0.2, 0.25) is 17.0 Å². The lowest BCUT2D eigenvalue weighted by atomic mass is 10.0. The van der Waals surface area contributed by atoms with Crippen LogP contribution in [0.1, 0.15) is 15.9 Å². The smallest absolute Gasteiger partial charge is 0.352 e. The van der Waals surface area contributed by atoms with E-state index in [2.05, 4.69) is 26.2 Å². The van der Waals surface area contributed by atoms with Crippen molar-refractivity contribution >= 4 is 64.8 Å². The first-order valence-corrected chi connectivity index (χ1v) is 15.7. The van der Waals surface area contributed by atoms with Crippen LogP contribution in [0.3, 0.4) is 0 Å². The van der Waals surface area contributed by atoms with Gasteiger partial charge in [-0.25, -0.2) is 14.3 Å². The zero-order valence-electron chi connectivity index (χ0n) is 24.2. The number of imide groups is 1. The molecule has 16 nitrogen and oxygen atoms in total. The number of aliphatic carboxylic acids is 1. The summed E-state index contributed by atoms with van der Waals surface area (Å²) >= 11 is 2.40. The highest BCUT2D eigenvalue weighted by molar-refractivity contribution is 8.01. The quantitative estimate of drug-likeness (QED) is 0.163.